The summed E-state index contributed by atoms with van der Waals surface area (Å²) in [6.07, 6.45) is 5.69. The molecule has 0 unspecified atom stereocenters. The van der Waals surface area contributed by atoms with Gasteiger partial charge in [0.2, 0.25) is 0 Å². The van der Waals surface area contributed by atoms with Gasteiger partial charge in [-0.3, -0.25) is 0 Å². The van der Waals surface area contributed by atoms with Crippen molar-refractivity contribution < 1.29 is 19.7 Å². The third-order valence-electron chi connectivity index (χ3n) is 3.23. The van der Waals surface area contributed by atoms with Gasteiger partial charge in [0, 0.05) is 5.56 Å². The minimum atomic E-state index is -1.03. The molecule has 0 spiro atoms. The number of aromatic carboxylic acids is 1. The first kappa shape index (κ1) is 12.5. The van der Waals surface area contributed by atoms with E-state index >= 15 is 0 Å². The molecule has 0 fully saturated rings. The van der Waals surface area contributed by atoms with Crippen molar-refractivity contribution in [2.75, 3.05) is 7.11 Å². The number of ether oxygens (including phenoxy) is 1. The molecule has 4 heteroatoms. The molecule has 0 bridgehead atoms. The number of hydrogen-bond donors (Lipinski definition) is 2. The fourth-order valence-corrected chi connectivity index (χ4v) is 2.28. The van der Waals surface area contributed by atoms with E-state index in [-0.39, 0.29) is 11.3 Å². The van der Waals surface area contributed by atoms with Gasteiger partial charge in [-0.1, -0.05) is 11.6 Å². The Labute approximate surface area is 106 Å². The molecule has 96 valence electrons. The average molecular weight is 248 g/mol. The van der Waals surface area contributed by atoms with E-state index in [0.29, 0.717) is 17.7 Å². The van der Waals surface area contributed by atoms with Crippen LogP contribution in [0.2, 0.25) is 0 Å². The molecule has 18 heavy (non-hydrogen) atoms. The van der Waals surface area contributed by atoms with Crippen LogP contribution in [0.15, 0.2) is 23.8 Å². The molecule has 0 heterocycles. The number of allylic oxidation sites excluding steroid dienone is 2. The lowest BCUT2D eigenvalue weighted by atomic mass is 9.98. The van der Waals surface area contributed by atoms with Gasteiger partial charge in [0.1, 0.15) is 0 Å². The van der Waals surface area contributed by atoms with E-state index in [1.54, 1.807) is 0 Å². The van der Waals surface area contributed by atoms with Crippen molar-refractivity contribution in [1.82, 2.24) is 0 Å². The number of aromatic hydroxyl groups is 1. The van der Waals surface area contributed by atoms with Crippen LogP contribution in [0.1, 0.15) is 35.2 Å². The number of phenols is 1. The number of carboxylic acids is 1. The summed E-state index contributed by atoms with van der Waals surface area (Å²) in [5, 5.41) is 19.2. The molecule has 0 atom stereocenters. The monoisotopic (exact) mass is 248 g/mol. The lowest BCUT2D eigenvalue weighted by Gasteiger charge is -2.12. The molecule has 0 aliphatic heterocycles. The zero-order chi connectivity index (χ0) is 13.1. The molecular weight excluding hydrogens is 232 g/mol. The van der Waals surface area contributed by atoms with Gasteiger partial charge in [-0.15, -0.1) is 0 Å². The summed E-state index contributed by atoms with van der Waals surface area (Å²) in [6, 6.07) is 2.96. The van der Waals surface area contributed by atoms with E-state index in [1.165, 1.54) is 24.8 Å². The molecule has 0 saturated heterocycles. The Kier molecular flexibility index (Phi) is 3.55. The second-order valence-corrected chi connectivity index (χ2v) is 4.38. The molecule has 1 aromatic rings. The van der Waals surface area contributed by atoms with Crippen LogP contribution < -0.4 is 4.74 Å². The second kappa shape index (κ2) is 5.12. The Hall–Kier alpha value is -1.97. The van der Waals surface area contributed by atoms with Crippen LogP contribution in [0.4, 0.5) is 0 Å². The average Bonchev–Trinajstić information content (AvgIpc) is 2.84. The third-order valence-corrected chi connectivity index (χ3v) is 3.23. The van der Waals surface area contributed by atoms with Crippen LogP contribution in [0.5, 0.6) is 11.5 Å². The highest BCUT2D eigenvalue weighted by molar-refractivity contribution is 5.91. The Balaban J connectivity index is 2.43. The number of phenolic OH excluding ortho intramolecular Hbond substituents is 1. The topological polar surface area (TPSA) is 66.8 Å². The first-order valence-corrected chi connectivity index (χ1v) is 5.93. The molecule has 1 aromatic carbocycles. The van der Waals surface area contributed by atoms with Gasteiger partial charge in [-0.25, -0.2) is 4.79 Å². The van der Waals surface area contributed by atoms with Gasteiger partial charge in [0.05, 0.1) is 12.7 Å². The summed E-state index contributed by atoms with van der Waals surface area (Å²) in [4.78, 5) is 11.2. The van der Waals surface area contributed by atoms with Crippen LogP contribution in [0, 0.1) is 0 Å². The maximum atomic E-state index is 11.2. The minimum Gasteiger partial charge on any atom is -0.504 e. The summed E-state index contributed by atoms with van der Waals surface area (Å²) in [5.74, 6) is -0.777. The van der Waals surface area contributed by atoms with Crippen molar-refractivity contribution in [2.24, 2.45) is 0 Å². The van der Waals surface area contributed by atoms with Crippen LogP contribution in [-0.2, 0) is 6.42 Å². The summed E-state index contributed by atoms with van der Waals surface area (Å²) < 4.78 is 5.02. The standard InChI is InChI=1S/C14H16O4/c1-18-12-7-6-10(14(16)17)11(13(12)15)8-9-4-2-3-5-9/h4,6-7,15H,2-3,5,8H2,1H3,(H,16,17). The van der Waals surface area contributed by atoms with E-state index in [0.717, 1.165) is 19.3 Å². The van der Waals surface area contributed by atoms with E-state index < -0.39 is 5.97 Å². The van der Waals surface area contributed by atoms with Crippen molar-refractivity contribution in [3.63, 3.8) is 0 Å². The highest BCUT2D eigenvalue weighted by Crippen LogP contribution is 2.35. The predicted molar refractivity (Wildman–Crippen MR) is 67.3 cm³/mol. The number of rotatable bonds is 4. The van der Waals surface area contributed by atoms with Crippen molar-refractivity contribution in [2.45, 2.75) is 25.7 Å². The summed E-state index contributed by atoms with van der Waals surface area (Å²) in [5.41, 5.74) is 1.76. The number of methoxy groups -OCH3 is 1. The third kappa shape index (κ3) is 2.32. The Morgan fingerprint density at radius 1 is 1.44 bits per heavy atom. The maximum absolute atomic E-state index is 11.2. The zero-order valence-electron chi connectivity index (χ0n) is 10.3. The largest absolute Gasteiger partial charge is 0.504 e. The lowest BCUT2D eigenvalue weighted by Crippen LogP contribution is -2.04. The Morgan fingerprint density at radius 3 is 2.78 bits per heavy atom. The normalized spacial score (nSPS) is 14.4. The van der Waals surface area contributed by atoms with Crippen molar-refractivity contribution in [3.8, 4) is 11.5 Å². The summed E-state index contributed by atoms with van der Waals surface area (Å²) >= 11 is 0. The number of carbonyl (C=O) groups is 1. The molecule has 0 amide bonds. The van der Waals surface area contributed by atoms with Crippen LogP contribution in [0.3, 0.4) is 0 Å². The van der Waals surface area contributed by atoms with Crippen LogP contribution in [-0.4, -0.2) is 23.3 Å². The SMILES string of the molecule is COc1ccc(C(=O)O)c(CC2=CCCC2)c1O. The van der Waals surface area contributed by atoms with Crippen molar-refractivity contribution >= 4 is 5.97 Å². The first-order chi connectivity index (χ1) is 8.63. The fourth-order valence-electron chi connectivity index (χ4n) is 2.28. The van der Waals surface area contributed by atoms with Gasteiger partial charge >= 0.3 is 5.97 Å². The van der Waals surface area contributed by atoms with E-state index in [2.05, 4.69) is 6.08 Å². The highest BCUT2D eigenvalue weighted by Gasteiger charge is 2.19. The minimum absolute atomic E-state index is 0.0646. The predicted octanol–water partition coefficient (Wildman–Crippen LogP) is 2.75. The van der Waals surface area contributed by atoms with Gasteiger partial charge < -0.3 is 14.9 Å². The lowest BCUT2D eigenvalue weighted by molar-refractivity contribution is 0.0695. The van der Waals surface area contributed by atoms with Crippen molar-refractivity contribution in [1.29, 1.82) is 0 Å². The molecule has 4 nitrogen and oxygen atoms in total. The second-order valence-electron chi connectivity index (χ2n) is 4.38. The Bertz CT molecular complexity index is 503. The smallest absolute Gasteiger partial charge is 0.336 e. The van der Waals surface area contributed by atoms with Gasteiger partial charge in [0.15, 0.2) is 11.5 Å². The fraction of sp³-hybridized carbons (Fsp3) is 0.357. The number of hydrogen-bond acceptors (Lipinski definition) is 3. The van der Waals surface area contributed by atoms with Crippen molar-refractivity contribution in [3.05, 3.63) is 34.9 Å². The van der Waals surface area contributed by atoms with Crippen LogP contribution >= 0.6 is 0 Å². The summed E-state index contributed by atoms with van der Waals surface area (Å²) in [7, 11) is 1.45. The molecular formula is C14H16O4. The quantitative estimate of drug-likeness (QED) is 0.804. The maximum Gasteiger partial charge on any atom is 0.336 e. The molecule has 1 aliphatic carbocycles. The molecule has 2 N–H and O–H groups in total. The molecule has 0 aromatic heterocycles. The summed E-state index contributed by atoms with van der Waals surface area (Å²) in [6.45, 7) is 0. The highest BCUT2D eigenvalue weighted by atomic mass is 16.5. The Morgan fingerprint density at radius 2 is 2.22 bits per heavy atom. The zero-order valence-corrected chi connectivity index (χ0v) is 10.3. The van der Waals surface area contributed by atoms with Gasteiger partial charge in [-0.2, -0.15) is 0 Å². The molecule has 0 radical (unpaired) electrons. The molecule has 0 saturated carbocycles. The van der Waals surface area contributed by atoms with E-state index in [4.69, 9.17) is 9.84 Å². The van der Waals surface area contributed by atoms with Gasteiger partial charge in [-0.05, 0) is 37.8 Å². The molecule has 2 rings (SSSR count). The molecule has 1 aliphatic rings. The van der Waals surface area contributed by atoms with Crippen LogP contribution in [0.25, 0.3) is 0 Å². The van der Waals surface area contributed by atoms with E-state index in [9.17, 15) is 9.90 Å². The van der Waals surface area contributed by atoms with E-state index in [1.807, 2.05) is 0 Å². The first-order valence-electron chi connectivity index (χ1n) is 5.93. The number of carboxylic acid groups (broad SMARTS) is 1. The number of benzene rings is 1. The van der Waals surface area contributed by atoms with Gasteiger partial charge in [0.25, 0.3) is 0 Å².